The molecule has 1 N–H and O–H groups in total. The van der Waals surface area contributed by atoms with Gasteiger partial charge in [0, 0.05) is 0 Å². The molecule has 0 heterocycles. The molecule has 0 unspecified atom stereocenters. The van der Waals surface area contributed by atoms with E-state index in [9.17, 15) is 4.79 Å². The fourth-order valence-corrected chi connectivity index (χ4v) is 2.57. The molecule has 0 spiro atoms. The predicted molar refractivity (Wildman–Crippen MR) is 90.5 cm³/mol. The maximum absolute atomic E-state index is 12.6. The van der Waals surface area contributed by atoms with Crippen molar-refractivity contribution in [2.45, 2.75) is 0 Å². The second kappa shape index (κ2) is 7.44. The Balaban J connectivity index is 2.44. The first kappa shape index (κ1) is 17.2. The van der Waals surface area contributed by atoms with Crippen LogP contribution in [0.3, 0.4) is 0 Å². The molecule has 0 saturated heterocycles. The van der Waals surface area contributed by atoms with Crippen molar-refractivity contribution in [2.75, 3.05) is 26.6 Å². The van der Waals surface area contributed by atoms with E-state index in [-0.39, 0.29) is 11.3 Å². The molecule has 2 rings (SSSR count). The van der Waals surface area contributed by atoms with Crippen molar-refractivity contribution in [3.05, 3.63) is 45.9 Å². The van der Waals surface area contributed by atoms with Crippen LogP contribution in [-0.2, 0) is 0 Å². The zero-order valence-corrected chi connectivity index (χ0v) is 14.3. The molecule has 1 amide bonds. The molecule has 0 saturated carbocycles. The van der Waals surface area contributed by atoms with E-state index in [1.165, 1.54) is 21.3 Å². The van der Waals surface area contributed by atoms with E-state index in [1.54, 1.807) is 30.3 Å². The molecule has 0 fully saturated rings. The number of anilines is 1. The van der Waals surface area contributed by atoms with Crippen LogP contribution >= 0.6 is 23.2 Å². The maximum Gasteiger partial charge on any atom is 0.259 e. The Bertz CT molecular complexity index is 714. The van der Waals surface area contributed by atoms with Crippen molar-refractivity contribution in [3.63, 3.8) is 0 Å². The summed E-state index contributed by atoms with van der Waals surface area (Å²) in [6.45, 7) is 0. The molecule has 23 heavy (non-hydrogen) atoms. The maximum atomic E-state index is 12.6. The van der Waals surface area contributed by atoms with E-state index >= 15 is 0 Å². The lowest BCUT2D eigenvalue weighted by Crippen LogP contribution is -2.14. The Morgan fingerprint density at radius 1 is 0.913 bits per heavy atom. The summed E-state index contributed by atoms with van der Waals surface area (Å²) in [6.07, 6.45) is 0. The summed E-state index contributed by atoms with van der Waals surface area (Å²) in [5, 5.41) is 3.36. The number of carbonyl (C=O) groups excluding carboxylic acids is 1. The normalized spacial score (nSPS) is 10.1. The molecule has 0 atom stereocenters. The largest absolute Gasteiger partial charge is 0.493 e. The molecular formula is C16H15Cl2NO4. The Morgan fingerprint density at radius 2 is 1.52 bits per heavy atom. The molecule has 2 aromatic rings. The second-order valence-corrected chi connectivity index (χ2v) is 5.25. The van der Waals surface area contributed by atoms with Gasteiger partial charge in [-0.2, -0.15) is 0 Å². The lowest BCUT2D eigenvalue weighted by Gasteiger charge is -2.16. The minimum absolute atomic E-state index is 0.257. The van der Waals surface area contributed by atoms with Crippen LogP contribution in [0.4, 0.5) is 5.69 Å². The van der Waals surface area contributed by atoms with Crippen molar-refractivity contribution in [3.8, 4) is 17.2 Å². The molecule has 0 bridgehead atoms. The Kier molecular flexibility index (Phi) is 5.58. The number of ether oxygens (including phenoxy) is 3. The van der Waals surface area contributed by atoms with Crippen molar-refractivity contribution in [1.29, 1.82) is 0 Å². The summed E-state index contributed by atoms with van der Waals surface area (Å²) >= 11 is 12.1. The van der Waals surface area contributed by atoms with Crippen LogP contribution in [0.2, 0.25) is 10.0 Å². The number of rotatable bonds is 5. The highest BCUT2D eigenvalue weighted by Crippen LogP contribution is 2.40. The molecular weight excluding hydrogens is 341 g/mol. The first-order valence-corrected chi connectivity index (χ1v) is 7.33. The first-order chi connectivity index (χ1) is 11.0. The lowest BCUT2D eigenvalue weighted by atomic mass is 10.1. The average Bonchev–Trinajstić information content (AvgIpc) is 2.56. The van der Waals surface area contributed by atoms with Gasteiger partial charge in [0.1, 0.15) is 0 Å². The third-order valence-corrected chi connectivity index (χ3v) is 3.78. The van der Waals surface area contributed by atoms with Crippen LogP contribution in [0.5, 0.6) is 17.2 Å². The monoisotopic (exact) mass is 355 g/mol. The highest BCUT2D eigenvalue weighted by Gasteiger charge is 2.21. The average molecular weight is 356 g/mol. The van der Waals surface area contributed by atoms with Gasteiger partial charge in [-0.15, -0.1) is 0 Å². The van der Waals surface area contributed by atoms with Gasteiger partial charge in [-0.1, -0.05) is 29.3 Å². The first-order valence-electron chi connectivity index (χ1n) is 6.57. The van der Waals surface area contributed by atoms with Crippen molar-refractivity contribution in [1.82, 2.24) is 0 Å². The van der Waals surface area contributed by atoms with Gasteiger partial charge in [-0.3, -0.25) is 4.79 Å². The summed E-state index contributed by atoms with van der Waals surface area (Å²) in [7, 11) is 4.41. The van der Waals surface area contributed by atoms with Gasteiger partial charge in [0.25, 0.3) is 5.91 Å². The molecule has 7 heteroatoms. The van der Waals surface area contributed by atoms with Crippen LogP contribution in [0.15, 0.2) is 30.3 Å². The highest BCUT2D eigenvalue weighted by atomic mass is 35.5. The number of carbonyl (C=O) groups is 1. The minimum Gasteiger partial charge on any atom is -0.493 e. The molecule has 122 valence electrons. The minimum atomic E-state index is -0.433. The lowest BCUT2D eigenvalue weighted by molar-refractivity contribution is 0.102. The Hall–Kier alpha value is -2.11. The standard InChI is InChI=1S/C16H15Cl2NO4/c1-21-12-8-7-9(14(22-2)15(12)23-3)16(20)19-13-10(17)5-4-6-11(13)18/h4-8H,1-3H3,(H,19,20). The van der Waals surface area contributed by atoms with Crippen molar-refractivity contribution in [2.24, 2.45) is 0 Å². The highest BCUT2D eigenvalue weighted by molar-refractivity contribution is 6.40. The summed E-state index contributed by atoms with van der Waals surface area (Å²) < 4.78 is 15.8. The zero-order valence-electron chi connectivity index (χ0n) is 12.8. The van der Waals surface area contributed by atoms with Gasteiger partial charge in [-0.05, 0) is 24.3 Å². The number of methoxy groups -OCH3 is 3. The summed E-state index contributed by atoms with van der Waals surface area (Å²) in [5.41, 5.74) is 0.596. The Labute approximate surface area is 144 Å². The molecule has 0 radical (unpaired) electrons. The smallest absolute Gasteiger partial charge is 0.259 e. The molecule has 0 aliphatic rings. The summed E-state index contributed by atoms with van der Waals surface area (Å²) in [6, 6.07) is 8.14. The molecule has 0 aromatic heterocycles. The van der Waals surface area contributed by atoms with E-state index < -0.39 is 5.91 Å². The van der Waals surface area contributed by atoms with E-state index in [0.717, 1.165) is 0 Å². The van der Waals surface area contributed by atoms with E-state index in [1.807, 2.05) is 0 Å². The number of amides is 1. The van der Waals surface area contributed by atoms with E-state index in [0.29, 0.717) is 27.2 Å². The van der Waals surface area contributed by atoms with Crippen LogP contribution in [-0.4, -0.2) is 27.2 Å². The van der Waals surface area contributed by atoms with Crippen LogP contribution < -0.4 is 19.5 Å². The van der Waals surface area contributed by atoms with Gasteiger partial charge in [0.15, 0.2) is 11.5 Å². The van der Waals surface area contributed by atoms with Crippen molar-refractivity contribution < 1.29 is 19.0 Å². The van der Waals surface area contributed by atoms with Crippen LogP contribution in [0, 0.1) is 0 Å². The van der Waals surface area contributed by atoms with E-state index in [2.05, 4.69) is 5.32 Å². The number of benzene rings is 2. The fourth-order valence-electron chi connectivity index (χ4n) is 2.08. The fraction of sp³-hybridized carbons (Fsp3) is 0.188. The SMILES string of the molecule is COc1ccc(C(=O)Nc2c(Cl)cccc2Cl)c(OC)c1OC. The van der Waals surface area contributed by atoms with Crippen LogP contribution in [0.25, 0.3) is 0 Å². The number of hydrogen-bond acceptors (Lipinski definition) is 4. The van der Waals surface area contributed by atoms with Gasteiger partial charge in [0.2, 0.25) is 5.75 Å². The molecule has 5 nitrogen and oxygen atoms in total. The zero-order chi connectivity index (χ0) is 17.0. The van der Waals surface area contributed by atoms with Gasteiger partial charge in [0.05, 0.1) is 42.6 Å². The number of halogens is 2. The van der Waals surface area contributed by atoms with Gasteiger partial charge < -0.3 is 19.5 Å². The molecule has 0 aliphatic carbocycles. The molecule has 2 aromatic carbocycles. The van der Waals surface area contributed by atoms with E-state index in [4.69, 9.17) is 37.4 Å². The van der Waals surface area contributed by atoms with Gasteiger partial charge >= 0.3 is 0 Å². The third kappa shape index (κ3) is 3.46. The summed E-state index contributed by atoms with van der Waals surface area (Å²) in [5.74, 6) is 0.606. The van der Waals surface area contributed by atoms with Crippen molar-refractivity contribution >= 4 is 34.8 Å². The Morgan fingerprint density at radius 3 is 2.04 bits per heavy atom. The number of hydrogen-bond donors (Lipinski definition) is 1. The van der Waals surface area contributed by atoms with Gasteiger partial charge in [-0.25, -0.2) is 0 Å². The predicted octanol–water partition coefficient (Wildman–Crippen LogP) is 4.27. The number of para-hydroxylation sites is 1. The third-order valence-electron chi connectivity index (χ3n) is 3.15. The summed E-state index contributed by atoms with van der Waals surface area (Å²) in [4.78, 5) is 12.6. The number of nitrogens with one attached hydrogen (secondary N) is 1. The van der Waals surface area contributed by atoms with Crippen LogP contribution in [0.1, 0.15) is 10.4 Å². The quantitative estimate of drug-likeness (QED) is 0.869. The topological polar surface area (TPSA) is 56.8 Å². The molecule has 0 aliphatic heterocycles. The second-order valence-electron chi connectivity index (χ2n) is 4.43.